The highest BCUT2D eigenvalue weighted by Gasteiger charge is 2.14. The number of carbonyl (C=O) groups excluding carboxylic acids is 2. The van der Waals surface area contributed by atoms with Gasteiger partial charge in [0.25, 0.3) is 0 Å². The molecule has 0 saturated carbocycles. The number of halogens is 1. The molecule has 0 unspecified atom stereocenters. The van der Waals surface area contributed by atoms with Crippen LogP contribution in [0, 0.1) is 5.82 Å². The fraction of sp³-hybridized carbons (Fsp3) is 0.167. The Morgan fingerprint density at radius 3 is 2.40 bits per heavy atom. The molecule has 0 spiro atoms. The van der Waals surface area contributed by atoms with Crippen molar-refractivity contribution in [3.8, 4) is 5.75 Å². The molecule has 0 aliphatic heterocycles. The normalized spacial score (nSPS) is 10.7. The van der Waals surface area contributed by atoms with Crippen LogP contribution in [0.5, 0.6) is 5.75 Å². The molecule has 130 valence electrons. The number of para-hydroxylation sites is 1. The number of amides is 2. The van der Waals surface area contributed by atoms with Gasteiger partial charge in [-0.25, -0.2) is 9.82 Å². The van der Waals surface area contributed by atoms with E-state index in [1.54, 1.807) is 30.3 Å². The van der Waals surface area contributed by atoms with Crippen molar-refractivity contribution in [1.82, 2.24) is 5.43 Å². The third-order valence-electron chi connectivity index (χ3n) is 2.96. The van der Waals surface area contributed by atoms with Gasteiger partial charge in [0.05, 0.1) is 18.0 Å². The molecule has 0 saturated heterocycles. The Bertz CT molecular complexity index is 773. The van der Waals surface area contributed by atoms with E-state index in [1.165, 1.54) is 24.4 Å². The zero-order chi connectivity index (χ0) is 18.2. The fourth-order valence-corrected chi connectivity index (χ4v) is 1.86. The van der Waals surface area contributed by atoms with Crippen LogP contribution in [0.3, 0.4) is 0 Å². The largest absolute Gasteiger partial charge is 0.491 e. The van der Waals surface area contributed by atoms with E-state index in [9.17, 15) is 14.0 Å². The van der Waals surface area contributed by atoms with Crippen LogP contribution < -0.4 is 15.5 Å². The van der Waals surface area contributed by atoms with E-state index < -0.39 is 17.6 Å². The molecule has 7 heteroatoms. The van der Waals surface area contributed by atoms with Crippen LogP contribution in [0.15, 0.2) is 53.6 Å². The van der Waals surface area contributed by atoms with Gasteiger partial charge in [0.2, 0.25) is 0 Å². The second-order valence-corrected chi connectivity index (χ2v) is 5.37. The summed E-state index contributed by atoms with van der Waals surface area (Å²) in [7, 11) is 0. The van der Waals surface area contributed by atoms with Crippen LogP contribution in [-0.4, -0.2) is 24.1 Å². The summed E-state index contributed by atoms with van der Waals surface area (Å²) in [6.07, 6.45) is 1.46. The number of rotatable bonds is 5. The lowest BCUT2D eigenvalue weighted by Gasteiger charge is -2.09. The zero-order valence-corrected chi connectivity index (χ0v) is 13.8. The van der Waals surface area contributed by atoms with E-state index >= 15 is 0 Å². The number of hydrazone groups is 1. The van der Waals surface area contributed by atoms with E-state index in [0.717, 1.165) is 5.75 Å². The SMILES string of the molecule is CC(C)Oc1ccc(/C=N\NC(=O)C(=O)Nc2ccccc2F)cc1. The van der Waals surface area contributed by atoms with Gasteiger partial charge in [-0.3, -0.25) is 9.59 Å². The van der Waals surface area contributed by atoms with E-state index in [2.05, 4.69) is 15.8 Å². The Morgan fingerprint density at radius 1 is 1.08 bits per heavy atom. The number of anilines is 1. The summed E-state index contributed by atoms with van der Waals surface area (Å²) in [5, 5.41) is 5.87. The monoisotopic (exact) mass is 343 g/mol. The summed E-state index contributed by atoms with van der Waals surface area (Å²) in [6.45, 7) is 3.86. The van der Waals surface area contributed by atoms with Gasteiger partial charge in [-0.1, -0.05) is 12.1 Å². The molecule has 2 N–H and O–H groups in total. The summed E-state index contributed by atoms with van der Waals surface area (Å²) < 4.78 is 18.9. The molecule has 0 aromatic heterocycles. The maximum Gasteiger partial charge on any atom is 0.329 e. The van der Waals surface area contributed by atoms with Gasteiger partial charge >= 0.3 is 11.8 Å². The Hall–Kier alpha value is -3.22. The average molecular weight is 343 g/mol. The van der Waals surface area contributed by atoms with Crippen LogP contribution >= 0.6 is 0 Å². The van der Waals surface area contributed by atoms with Crippen LogP contribution in [-0.2, 0) is 9.59 Å². The minimum Gasteiger partial charge on any atom is -0.491 e. The zero-order valence-electron chi connectivity index (χ0n) is 13.8. The molecular weight excluding hydrogens is 325 g/mol. The van der Waals surface area contributed by atoms with Crippen molar-refractivity contribution in [2.45, 2.75) is 20.0 Å². The van der Waals surface area contributed by atoms with Crippen molar-refractivity contribution in [3.05, 3.63) is 59.9 Å². The molecule has 6 nitrogen and oxygen atoms in total. The molecule has 0 aliphatic carbocycles. The summed E-state index contributed by atoms with van der Waals surface area (Å²) >= 11 is 0. The Morgan fingerprint density at radius 2 is 1.76 bits per heavy atom. The van der Waals surface area contributed by atoms with E-state index in [1.807, 2.05) is 13.8 Å². The van der Waals surface area contributed by atoms with Crippen LogP contribution in [0.1, 0.15) is 19.4 Å². The highest BCUT2D eigenvalue weighted by Crippen LogP contribution is 2.13. The Kier molecular flexibility index (Phi) is 6.22. The predicted molar refractivity (Wildman–Crippen MR) is 93.0 cm³/mol. The standard InChI is InChI=1S/C18H18FN3O3/c1-12(2)25-14-9-7-13(8-10-14)11-20-22-18(24)17(23)21-16-6-4-3-5-15(16)19/h3-12H,1-2H3,(H,21,23)(H,22,24)/b20-11-. The van der Waals surface area contributed by atoms with Gasteiger partial charge in [-0.2, -0.15) is 5.10 Å². The molecule has 2 aromatic carbocycles. The molecule has 0 atom stereocenters. The fourth-order valence-electron chi connectivity index (χ4n) is 1.86. The topological polar surface area (TPSA) is 79.8 Å². The maximum absolute atomic E-state index is 13.4. The molecule has 0 fully saturated rings. The molecule has 25 heavy (non-hydrogen) atoms. The number of benzene rings is 2. The second-order valence-electron chi connectivity index (χ2n) is 5.37. The van der Waals surface area contributed by atoms with Gasteiger partial charge in [-0.05, 0) is 55.8 Å². The highest BCUT2D eigenvalue weighted by molar-refractivity contribution is 6.39. The van der Waals surface area contributed by atoms with Gasteiger partial charge in [0.15, 0.2) is 0 Å². The summed E-state index contributed by atoms with van der Waals surface area (Å²) in [4.78, 5) is 23.3. The number of nitrogens with one attached hydrogen (secondary N) is 2. The number of nitrogens with zero attached hydrogens (tertiary/aromatic N) is 1. The molecule has 0 aliphatic rings. The summed E-state index contributed by atoms with van der Waals surface area (Å²) in [5.41, 5.74) is 2.72. The minimum atomic E-state index is -1.01. The van der Waals surface area contributed by atoms with Gasteiger partial charge < -0.3 is 10.1 Å². The van der Waals surface area contributed by atoms with Crippen molar-refractivity contribution in [3.63, 3.8) is 0 Å². The lowest BCUT2D eigenvalue weighted by atomic mass is 10.2. The molecule has 0 heterocycles. The predicted octanol–water partition coefficient (Wildman–Crippen LogP) is 2.70. The summed E-state index contributed by atoms with van der Waals surface area (Å²) in [5.74, 6) is -1.92. The van der Waals surface area contributed by atoms with Gasteiger partial charge in [0, 0.05) is 0 Å². The first-order valence-electron chi connectivity index (χ1n) is 7.61. The molecule has 2 rings (SSSR count). The third-order valence-corrected chi connectivity index (χ3v) is 2.96. The highest BCUT2D eigenvalue weighted by atomic mass is 19.1. The van der Waals surface area contributed by atoms with Crippen LogP contribution in [0.25, 0.3) is 0 Å². The quantitative estimate of drug-likeness (QED) is 0.498. The molecule has 2 aromatic rings. The lowest BCUT2D eigenvalue weighted by Crippen LogP contribution is -2.32. The minimum absolute atomic E-state index is 0.0757. The van der Waals surface area contributed by atoms with Gasteiger partial charge in [-0.15, -0.1) is 0 Å². The van der Waals surface area contributed by atoms with E-state index in [0.29, 0.717) is 5.56 Å². The first-order chi connectivity index (χ1) is 12.0. The first kappa shape index (κ1) is 18.1. The summed E-state index contributed by atoms with van der Waals surface area (Å²) in [6, 6.07) is 12.6. The van der Waals surface area contributed by atoms with Gasteiger partial charge in [0.1, 0.15) is 11.6 Å². The number of ether oxygens (including phenoxy) is 1. The molecule has 2 amide bonds. The van der Waals surface area contributed by atoms with Crippen molar-refractivity contribution >= 4 is 23.7 Å². The van der Waals surface area contributed by atoms with Crippen molar-refractivity contribution in [2.24, 2.45) is 5.10 Å². The number of carbonyl (C=O) groups is 2. The number of hydrogen-bond donors (Lipinski definition) is 2. The van der Waals surface area contributed by atoms with E-state index in [-0.39, 0.29) is 11.8 Å². The van der Waals surface area contributed by atoms with Crippen molar-refractivity contribution in [1.29, 1.82) is 0 Å². The first-order valence-corrected chi connectivity index (χ1v) is 7.61. The van der Waals surface area contributed by atoms with Crippen molar-refractivity contribution in [2.75, 3.05) is 5.32 Å². The third kappa shape index (κ3) is 5.72. The smallest absolute Gasteiger partial charge is 0.329 e. The van der Waals surface area contributed by atoms with Crippen LogP contribution in [0.4, 0.5) is 10.1 Å². The van der Waals surface area contributed by atoms with Crippen LogP contribution in [0.2, 0.25) is 0 Å². The number of hydrogen-bond acceptors (Lipinski definition) is 4. The van der Waals surface area contributed by atoms with E-state index in [4.69, 9.17) is 4.74 Å². The Balaban J connectivity index is 1.87. The second kappa shape index (κ2) is 8.58. The molecule has 0 radical (unpaired) electrons. The Labute approximate surface area is 144 Å². The lowest BCUT2D eigenvalue weighted by molar-refractivity contribution is -0.136. The maximum atomic E-state index is 13.4. The molecular formula is C18H18FN3O3. The van der Waals surface area contributed by atoms with Crippen molar-refractivity contribution < 1.29 is 18.7 Å². The molecule has 0 bridgehead atoms. The average Bonchev–Trinajstić information content (AvgIpc) is 2.58.